The fourth-order valence-corrected chi connectivity index (χ4v) is 5.82. The molecule has 7 heteroatoms. The molecule has 31 heavy (non-hydrogen) atoms. The van der Waals surface area contributed by atoms with Gasteiger partial charge < -0.3 is 29.7 Å². The summed E-state index contributed by atoms with van der Waals surface area (Å²) < 4.78 is 10.8. The Morgan fingerprint density at radius 1 is 1.42 bits per heavy atom. The lowest BCUT2D eigenvalue weighted by Crippen LogP contribution is -2.63. The number of carbonyl (C=O) groups excluding carboxylic acids is 1. The number of nitrogens with zero attached hydrogens (tertiary/aromatic N) is 1. The van der Waals surface area contributed by atoms with Crippen LogP contribution in [0.1, 0.15) is 56.0 Å². The van der Waals surface area contributed by atoms with E-state index < -0.39 is 35.4 Å². The summed E-state index contributed by atoms with van der Waals surface area (Å²) in [5.41, 5.74) is 1.11. The minimum Gasteiger partial charge on any atom is -0.457 e. The highest BCUT2D eigenvalue weighted by molar-refractivity contribution is 5.94. The predicted molar refractivity (Wildman–Crippen MR) is 116 cm³/mol. The van der Waals surface area contributed by atoms with Gasteiger partial charge in [0.15, 0.2) is 0 Å². The van der Waals surface area contributed by atoms with Crippen LogP contribution in [0.3, 0.4) is 0 Å². The van der Waals surface area contributed by atoms with Gasteiger partial charge in [0.1, 0.15) is 6.61 Å². The molecule has 0 bridgehead atoms. The van der Waals surface area contributed by atoms with E-state index in [0.29, 0.717) is 24.8 Å². The summed E-state index contributed by atoms with van der Waals surface area (Å²) in [6.45, 7) is 6.42. The van der Waals surface area contributed by atoms with Gasteiger partial charge in [-0.15, -0.1) is 0 Å². The maximum absolute atomic E-state index is 12.2. The Kier molecular flexibility index (Phi) is 5.67. The topological polar surface area (TPSA) is 99.5 Å². The van der Waals surface area contributed by atoms with Gasteiger partial charge in [0, 0.05) is 30.8 Å². The summed E-state index contributed by atoms with van der Waals surface area (Å²) in [5.74, 6) is -0.876. The number of rotatable bonds is 5. The molecule has 0 radical (unpaired) electrons. The van der Waals surface area contributed by atoms with Crippen molar-refractivity contribution in [2.75, 3.05) is 18.6 Å². The van der Waals surface area contributed by atoms with Crippen molar-refractivity contribution in [2.24, 2.45) is 5.92 Å². The standard InChI is InChI=1S/C24H33NO6/c1-14(2)5-8-19(27)23(3)21-20(30-4)18(26)9-10-24(21,29)13-25(23)16-7-6-15-12-31-22(28)17(15)11-16/h5-7,11,18-21,26-27,29H,8-10,12-13H2,1-4H3/t18-,19-,20-,21-,23-,24+/m1/s1. The van der Waals surface area contributed by atoms with Crippen LogP contribution in [-0.2, 0) is 16.1 Å². The Bertz CT molecular complexity index is 896. The van der Waals surface area contributed by atoms with Gasteiger partial charge in [-0.2, -0.15) is 0 Å². The number of anilines is 1. The van der Waals surface area contributed by atoms with Crippen LogP contribution in [0.5, 0.6) is 0 Å². The molecule has 2 heterocycles. The highest BCUT2D eigenvalue weighted by atomic mass is 16.5. The third kappa shape index (κ3) is 3.48. The maximum Gasteiger partial charge on any atom is 0.338 e. The lowest BCUT2D eigenvalue weighted by Gasteiger charge is -2.50. The number of hydrogen-bond acceptors (Lipinski definition) is 7. The Hall–Kier alpha value is -1.93. The first-order valence-electron chi connectivity index (χ1n) is 10.9. The summed E-state index contributed by atoms with van der Waals surface area (Å²) in [6.07, 6.45) is 1.05. The average Bonchev–Trinajstić information content (AvgIpc) is 3.22. The van der Waals surface area contributed by atoms with Gasteiger partial charge in [-0.05, 0) is 52.2 Å². The second kappa shape index (κ2) is 7.89. The second-order valence-corrected chi connectivity index (χ2v) is 9.65. The Labute approximate surface area is 183 Å². The number of cyclic esters (lactones) is 1. The van der Waals surface area contributed by atoms with E-state index >= 15 is 0 Å². The number of aliphatic hydroxyl groups is 3. The summed E-state index contributed by atoms with van der Waals surface area (Å²) in [7, 11) is 1.54. The van der Waals surface area contributed by atoms with Gasteiger partial charge in [-0.3, -0.25) is 0 Å². The molecule has 1 saturated carbocycles. The maximum atomic E-state index is 12.2. The average molecular weight is 432 g/mol. The zero-order chi connectivity index (χ0) is 22.6. The molecule has 2 aliphatic heterocycles. The van der Waals surface area contributed by atoms with Crippen LogP contribution in [0.2, 0.25) is 0 Å². The van der Waals surface area contributed by atoms with Gasteiger partial charge in [0.05, 0.1) is 35.0 Å². The highest BCUT2D eigenvalue weighted by Gasteiger charge is 2.66. The van der Waals surface area contributed by atoms with E-state index in [1.165, 1.54) is 7.11 Å². The van der Waals surface area contributed by atoms with E-state index in [1.54, 1.807) is 6.07 Å². The van der Waals surface area contributed by atoms with Crippen molar-refractivity contribution in [3.63, 3.8) is 0 Å². The largest absolute Gasteiger partial charge is 0.457 e. The number of methoxy groups -OCH3 is 1. The molecule has 4 rings (SSSR count). The van der Waals surface area contributed by atoms with Crippen molar-refractivity contribution in [3.8, 4) is 0 Å². The fraction of sp³-hybridized carbons (Fsp3) is 0.625. The summed E-state index contributed by atoms with van der Waals surface area (Å²) in [5, 5.41) is 33.9. The van der Waals surface area contributed by atoms with Crippen LogP contribution >= 0.6 is 0 Å². The molecule has 0 amide bonds. The molecule has 7 nitrogen and oxygen atoms in total. The fourth-order valence-electron chi connectivity index (χ4n) is 5.82. The number of fused-ring (bicyclic) bond motifs is 2. The van der Waals surface area contributed by atoms with E-state index in [4.69, 9.17) is 9.47 Å². The van der Waals surface area contributed by atoms with E-state index in [2.05, 4.69) is 0 Å². The Morgan fingerprint density at radius 3 is 2.84 bits per heavy atom. The van der Waals surface area contributed by atoms with Crippen molar-refractivity contribution in [1.82, 2.24) is 0 Å². The van der Waals surface area contributed by atoms with Crippen molar-refractivity contribution in [2.45, 2.75) is 76.1 Å². The van der Waals surface area contributed by atoms with Gasteiger partial charge in [-0.1, -0.05) is 17.7 Å². The molecule has 0 unspecified atom stereocenters. The van der Waals surface area contributed by atoms with Crippen molar-refractivity contribution in [3.05, 3.63) is 41.0 Å². The molecule has 1 aliphatic carbocycles. The van der Waals surface area contributed by atoms with Crippen LogP contribution in [0.25, 0.3) is 0 Å². The Morgan fingerprint density at radius 2 is 2.16 bits per heavy atom. The number of aliphatic hydroxyl groups excluding tert-OH is 2. The van der Waals surface area contributed by atoms with Crippen molar-refractivity contribution < 1.29 is 29.6 Å². The van der Waals surface area contributed by atoms with Crippen molar-refractivity contribution in [1.29, 1.82) is 0 Å². The zero-order valence-electron chi connectivity index (χ0n) is 18.7. The molecule has 1 aromatic carbocycles. The molecule has 1 saturated heterocycles. The Balaban J connectivity index is 1.82. The third-order valence-electron chi connectivity index (χ3n) is 7.48. The number of benzene rings is 1. The first-order chi connectivity index (χ1) is 14.6. The van der Waals surface area contributed by atoms with E-state index in [0.717, 1.165) is 16.8 Å². The predicted octanol–water partition coefficient (Wildman–Crippen LogP) is 2.17. The summed E-state index contributed by atoms with van der Waals surface area (Å²) in [6, 6.07) is 5.56. The van der Waals surface area contributed by atoms with E-state index in [1.807, 2.05) is 43.9 Å². The quantitative estimate of drug-likeness (QED) is 0.485. The van der Waals surface area contributed by atoms with E-state index in [-0.39, 0.29) is 19.1 Å². The van der Waals surface area contributed by atoms with Gasteiger partial charge in [-0.25, -0.2) is 4.79 Å². The van der Waals surface area contributed by atoms with Crippen LogP contribution in [-0.4, -0.2) is 64.4 Å². The summed E-state index contributed by atoms with van der Waals surface area (Å²) >= 11 is 0. The molecular formula is C24H33NO6. The first kappa shape index (κ1) is 22.3. The minimum atomic E-state index is -1.14. The lowest BCUT2D eigenvalue weighted by molar-refractivity contribution is -0.164. The zero-order valence-corrected chi connectivity index (χ0v) is 18.7. The highest BCUT2D eigenvalue weighted by Crippen LogP contribution is 2.53. The molecule has 6 atom stereocenters. The number of ether oxygens (including phenoxy) is 2. The lowest BCUT2D eigenvalue weighted by atomic mass is 9.65. The minimum absolute atomic E-state index is 0.263. The van der Waals surface area contributed by atoms with E-state index in [9.17, 15) is 20.1 Å². The molecule has 1 aromatic rings. The molecule has 3 N–H and O–H groups in total. The SMILES string of the molecule is CO[C@@H]1[C@H](O)CC[C@]2(O)CN(c3ccc4c(c3)C(=O)OC4)[C@](C)([C@H](O)CC=C(C)C)[C@@H]12. The third-order valence-corrected chi connectivity index (χ3v) is 7.48. The molecule has 0 aromatic heterocycles. The summed E-state index contributed by atoms with van der Waals surface area (Å²) in [4.78, 5) is 14.2. The number of carbonyl (C=O) groups is 1. The number of hydrogen-bond donors (Lipinski definition) is 3. The van der Waals surface area contributed by atoms with Crippen molar-refractivity contribution >= 4 is 11.7 Å². The second-order valence-electron chi connectivity index (χ2n) is 9.65. The monoisotopic (exact) mass is 431 g/mol. The van der Waals surface area contributed by atoms with Crippen LogP contribution in [0.4, 0.5) is 5.69 Å². The van der Waals surface area contributed by atoms with Crippen LogP contribution in [0.15, 0.2) is 29.8 Å². The molecule has 3 aliphatic rings. The smallest absolute Gasteiger partial charge is 0.338 e. The normalized spacial score (nSPS) is 35.4. The van der Waals surface area contributed by atoms with Crippen LogP contribution < -0.4 is 4.90 Å². The number of esters is 1. The van der Waals surface area contributed by atoms with Gasteiger partial charge in [0.25, 0.3) is 0 Å². The van der Waals surface area contributed by atoms with Crippen LogP contribution in [0, 0.1) is 5.92 Å². The molecule has 0 spiro atoms. The molecular weight excluding hydrogens is 398 g/mol. The van der Waals surface area contributed by atoms with Gasteiger partial charge >= 0.3 is 5.97 Å². The first-order valence-corrected chi connectivity index (χ1v) is 10.9. The molecule has 170 valence electrons. The number of β-amino-alcohol motifs (C(OH)–C–C–N with tert-alkyl or cyclic N) is 1. The van der Waals surface area contributed by atoms with Gasteiger partial charge in [0.2, 0.25) is 0 Å². The molecule has 2 fully saturated rings. The number of allylic oxidation sites excluding steroid dienone is 1.